The van der Waals surface area contributed by atoms with E-state index >= 15 is 0 Å². The highest BCUT2D eigenvalue weighted by atomic mass is 35.5. The third kappa shape index (κ3) is 2.82. The molecule has 1 saturated heterocycles. The van der Waals surface area contributed by atoms with Gasteiger partial charge in [-0.25, -0.2) is 13.4 Å². The molecule has 1 amide bonds. The summed E-state index contributed by atoms with van der Waals surface area (Å²) in [6, 6.07) is 0. The van der Waals surface area contributed by atoms with Crippen LogP contribution in [0.5, 0.6) is 0 Å². The van der Waals surface area contributed by atoms with E-state index in [1.807, 2.05) is 0 Å². The molecule has 20 heavy (non-hydrogen) atoms. The maximum absolute atomic E-state index is 12.5. The van der Waals surface area contributed by atoms with Gasteiger partial charge in [-0.3, -0.25) is 4.79 Å². The quantitative estimate of drug-likeness (QED) is 0.786. The molecule has 1 aromatic heterocycles. The molecule has 7 nitrogen and oxygen atoms in total. The van der Waals surface area contributed by atoms with Crippen LogP contribution in [0.2, 0.25) is 5.15 Å². The molecule has 1 aliphatic rings. The number of sulfonamides is 1. The van der Waals surface area contributed by atoms with Gasteiger partial charge in [0, 0.05) is 40.2 Å². The molecule has 1 fully saturated rings. The Bertz CT molecular complexity index is 613. The molecule has 1 aliphatic heterocycles. The summed E-state index contributed by atoms with van der Waals surface area (Å²) in [4.78, 5) is 16.9. The van der Waals surface area contributed by atoms with Gasteiger partial charge in [0.1, 0.15) is 5.15 Å². The minimum absolute atomic E-state index is 0.0416. The lowest BCUT2D eigenvalue weighted by Gasteiger charge is -2.20. The zero-order chi connectivity index (χ0) is 14.9. The van der Waals surface area contributed by atoms with Crippen LogP contribution in [-0.2, 0) is 21.9 Å². The molecule has 2 heterocycles. The summed E-state index contributed by atoms with van der Waals surface area (Å²) in [6.07, 6.45) is 1.97. The second-order valence-electron chi connectivity index (χ2n) is 4.72. The lowest BCUT2D eigenvalue weighted by molar-refractivity contribution is -0.128. The van der Waals surface area contributed by atoms with Crippen molar-refractivity contribution < 1.29 is 13.2 Å². The van der Waals surface area contributed by atoms with Crippen molar-refractivity contribution >= 4 is 27.5 Å². The SMILES string of the molecule is CC(=O)N1CCCN(S(=O)(=O)c2ncn(C)c2Cl)CC1. The van der Waals surface area contributed by atoms with E-state index in [0.717, 1.165) is 0 Å². The molecule has 0 spiro atoms. The van der Waals surface area contributed by atoms with E-state index in [4.69, 9.17) is 11.6 Å². The Balaban J connectivity index is 2.22. The summed E-state index contributed by atoms with van der Waals surface area (Å²) >= 11 is 5.96. The van der Waals surface area contributed by atoms with E-state index in [2.05, 4.69) is 4.98 Å². The lowest BCUT2D eigenvalue weighted by Crippen LogP contribution is -2.36. The predicted molar refractivity (Wildman–Crippen MR) is 73.8 cm³/mol. The molecule has 0 aromatic carbocycles. The number of carbonyl (C=O) groups is 1. The minimum atomic E-state index is -3.71. The van der Waals surface area contributed by atoms with Gasteiger partial charge >= 0.3 is 0 Å². The minimum Gasteiger partial charge on any atom is -0.342 e. The second-order valence-corrected chi connectivity index (χ2v) is 6.93. The van der Waals surface area contributed by atoms with Gasteiger partial charge < -0.3 is 9.47 Å². The van der Waals surface area contributed by atoms with E-state index in [1.54, 1.807) is 11.9 Å². The molecule has 9 heteroatoms. The van der Waals surface area contributed by atoms with Gasteiger partial charge in [-0.05, 0) is 6.42 Å². The van der Waals surface area contributed by atoms with E-state index < -0.39 is 10.0 Å². The highest BCUT2D eigenvalue weighted by Crippen LogP contribution is 2.23. The third-order valence-electron chi connectivity index (χ3n) is 3.32. The van der Waals surface area contributed by atoms with Crippen molar-refractivity contribution in [1.82, 2.24) is 18.8 Å². The number of hydrogen-bond donors (Lipinski definition) is 0. The largest absolute Gasteiger partial charge is 0.342 e. The first-order chi connectivity index (χ1) is 9.34. The first kappa shape index (κ1) is 15.3. The summed E-state index contributed by atoms with van der Waals surface area (Å²) in [6.45, 7) is 3.06. The summed E-state index contributed by atoms with van der Waals surface area (Å²) in [5.41, 5.74) is 0. The van der Waals surface area contributed by atoms with Crippen molar-refractivity contribution in [1.29, 1.82) is 0 Å². The zero-order valence-corrected chi connectivity index (χ0v) is 13.0. The highest BCUT2D eigenvalue weighted by molar-refractivity contribution is 7.89. The number of imidazole rings is 1. The topological polar surface area (TPSA) is 75.5 Å². The molecule has 0 unspecified atom stereocenters. The van der Waals surface area contributed by atoms with Crippen LogP contribution in [0.15, 0.2) is 11.4 Å². The van der Waals surface area contributed by atoms with Crippen molar-refractivity contribution in [2.24, 2.45) is 7.05 Å². The normalized spacial score (nSPS) is 18.1. The Morgan fingerprint density at radius 2 is 2.00 bits per heavy atom. The van der Waals surface area contributed by atoms with E-state index in [1.165, 1.54) is 22.1 Å². The first-order valence-electron chi connectivity index (χ1n) is 6.26. The van der Waals surface area contributed by atoms with Crippen molar-refractivity contribution in [3.05, 3.63) is 11.5 Å². The van der Waals surface area contributed by atoms with Crippen LogP contribution in [0.3, 0.4) is 0 Å². The van der Waals surface area contributed by atoms with Crippen LogP contribution in [0, 0.1) is 0 Å². The standard InChI is InChI=1S/C11H17ClN4O3S/c1-9(17)15-4-3-5-16(7-6-15)20(18,19)11-10(12)14(2)8-13-11/h8H,3-7H2,1-2H3. The maximum atomic E-state index is 12.5. The van der Waals surface area contributed by atoms with Crippen LogP contribution in [0.1, 0.15) is 13.3 Å². The Morgan fingerprint density at radius 1 is 1.30 bits per heavy atom. The molecule has 1 aromatic rings. The van der Waals surface area contributed by atoms with Gasteiger partial charge in [0.25, 0.3) is 10.0 Å². The molecule has 0 aliphatic carbocycles. The number of nitrogens with zero attached hydrogens (tertiary/aromatic N) is 4. The Morgan fingerprint density at radius 3 is 2.55 bits per heavy atom. The lowest BCUT2D eigenvalue weighted by atomic mass is 10.4. The molecule has 112 valence electrons. The van der Waals surface area contributed by atoms with Crippen LogP contribution < -0.4 is 0 Å². The van der Waals surface area contributed by atoms with Crippen LogP contribution in [0.4, 0.5) is 0 Å². The highest BCUT2D eigenvalue weighted by Gasteiger charge is 2.31. The molecule has 2 rings (SSSR count). The fourth-order valence-corrected chi connectivity index (χ4v) is 4.00. The molecular weight excluding hydrogens is 304 g/mol. The number of aromatic nitrogens is 2. The average molecular weight is 321 g/mol. The summed E-state index contributed by atoms with van der Waals surface area (Å²) in [5, 5.41) is -0.0318. The maximum Gasteiger partial charge on any atom is 0.263 e. The Kier molecular flexibility index (Phi) is 4.36. The van der Waals surface area contributed by atoms with E-state index in [-0.39, 0.29) is 22.6 Å². The number of hydrogen-bond acceptors (Lipinski definition) is 4. The molecule has 0 atom stereocenters. The first-order valence-corrected chi connectivity index (χ1v) is 8.08. The van der Waals surface area contributed by atoms with Crippen molar-refractivity contribution in [2.45, 2.75) is 18.4 Å². The molecule has 0 N–H and O–H groups in total. The van der Waals surface area contributed by atoms with Crippen molar-refractivity contribution in [3.8, 4) is 0 Å². The fourth-order valence-electron chi connectivity index (χ4n) is 2.14. The van der Waals surface area contributed by atoms with Crippen LogP contribution in [-0.4, -0.2) is 59.3 Å². The predicted octanol–water partition coefficient (Wildman–Crippen LogP) is 0.316. The van der Waals surface area contributed by atoms with Gasteiger partial charge in [0.05, 0.1) is 6.33 Å². The van der Waals surface area contributed by atoms with Crippen LogP contribution >= 0.6 is 11.6 Å². The number of rotatable bonds is 2. The van der Waals surface area contributed by atoms with Crippen molar-refractivity contribution in [2.75, 3.05) is 26.2 Å². The van der Waals surface area contributed by atoms with Gasteiger partial charge in [-0.1, -0.05) is 11.6 Å². The van der Waals surface area contributed by atoms with E-state index in [0.29, 0.717) is 26.1 Å². The molecule has 0 saturated carbocycles. The number of aryl methyl sites for hydroxylation is 1. The molecular formula is C11H17ClN4O3S. The van der Waals surface area contributed by atoms with Gasteiger partial charge in [-0.15, -0.1) is 0 Å². The monoisotopic (exact) mass is 320 g/mol. The van der Waals surface area contributed by atoms with Gasteiger partial charge in [-0.2, -0.15) is 4.31 Å². The Hall–Kier alpha value is -1.12. The fraction of sp³-hybridized carbons (Fsp3) is 0.636. The zero-order valence-electron chi connectivity index (χ0n) is 11.4. The number of amides is 1. The summed E-state index contributed by atoms with van der Waals surface area (Å²) in [5.74, 6) is -0.0416. The number of halogens is 1. The summed E-state index contributed by atoms with van der Waals surface area (Å²) < 4.78 is 27.8. The van der Waals surface area contributed by atoms with Crippen molar-refractivity contribution in [3.63, 3.8) is 0 Å². The second kappa shape index (κ2) is 5.71. The molecule has 0 bridgehead atoms. The van der Waals surface area contributed by atoms with Gasteiger partial charge in [0.2, 0.25) is 10.9 Å². The van der Waals surface area contributed by atoms with E-state index in [9.17, 15) is 13.2 Å². The smallest absolute Gasteiger partial charge is 0.263 e. The summed E-state index contributed by atoms with van der Waals surface area (Å²) in [7, 11) is -2.08. The van der Waals surface area contributed by atoms with Crippen LogP contribution in [0.25, 0.3) is 0 Å². The molecule has 0 radical (unpaired) electrons. The Labute approximate surface area is 123 Å². The third-order valence-corrected chi connectivity index (χ3v) is 5.71. The average Bonchev–Trinajstić information content (AvgIpc) is 2.62. The van der Waals surface area contributed by atoms with Gasteiger partial charge in [0.15, 0.2) is 0 Å². The number of carbonyl (C=O) groups excluding carboxylic acids is 1.